The molecule has 1 amide bonds. The van der Waals surface area contributed by atoms with Gasteiger partial charge < -0.3 is 10.1 Å². The number of likely N-dealkylation sites (N-methyl/N-ethyl adjacent to an activating group) is 1. The van der Waals surface area contributed by atoms with Crippen molar-refractivity contribution in [2.45, 2.75) is 25.8 Å². The Morgan fingerprint density at radius 3 is 2.17 bits per heavy atom. The predicted molar refractivity (Wildman–Crippen MR) is 97.6 cm³/mol. The summed E-state index contributed by atoms with van der Waals surface area (Å²) in [7, 11) is 1.69. The highest BCUT2D eigenvalue weighted by atomic mass is 19.4. The highest BCUT2D eigenvalue weighted by Gasteiger charge is 2.29. The van der Waals surface area contributed by atoms with Crippen LogP contribution in [0.5, 0.6) is 5.75 Å². The summed E-state index contributed by atoms with van der Waals surface area (Å²) in [5.41, 5.74) is 0.805. The van der Waals surface area contributed by atoms with E-state index in [4.69, 9.17) is 0 Å². The van der Waals surface area contributed by atoms with Crippen molar-refractivity contribution >= 4 is 5.91 Å². The van der Waals surface area contributed by atoms with E-state index < -0.39 is 18.4 Å². The molecule has 0 atom stereocenters. The van der Waals surface area contributed by atoms with Crippen molar-refractivity contribution in [3.8, 4) is 5.75 Å². The van der Waals surface area contributed by atoms with Crippen LogP contribution in [0.4, 0.5) is 22.0 Å². The Bertz CT molecular complexity index is 777. The number of amides is 1. The predicted octanol–water partition coefficient (Wildman–Crippen LogP) is 4.10. The van der Waals surface area contributed by atoms with E-state index in [2.05, 4.69) is 10.1 Å². The van der Waals surface area contributed by atoms with Gasteiger partial charge in [0.15, 0.2) is 0 Å². The molecule has 4 nitrogen and oxygen atoms in total. The molecule has 0 aliphatic carbocycles. The molecule has 0 aliphatic heterocycles. The molecule has 0 bridgehead atoms. The number of alkyl halides is 5. The minimum atomic E-state index is -4.37. The highest BCUT2D eigenvalue weighted by Crippen LogP contribution is 2.29. The lowest BCUT2D eigenvalue weighted by Crippen LogP contribution is -2.35. The standard InChI is InChI=1S/C20H21F5N2O2/c1-27(12-15-2-6-16(7-3-15)20(23,24)25)13-18(28)26-11-10-14-4-8-17(9-5-14)29-19(21)22/h2-9,19H,10-13H2,1H3,(H,26,28). The van der Waals surface area contributed by atoms with Crippen molar-refractivity contribution in [2.75, 3.05) is 20.1 Å². The lowest BCUT2D eigenvalue weighted by molar-refractivity contribution is -0.137. The zero-order chi connectivity index (χ0) is 21.4. The zero-order valence-corrected chi connectivity index (χ0v) is 15.7. The molecule has 2 aromatic carbocycles. The molecule has 0 spiro atoms. The first-order valence-corrected chi connectivity index (χ1v) is 8.78. The average molecular weight is 416 g/mol. The maximum absolute atomic E-state index is 12.6. The van der Waals surface area contributed by atoms with Crippen LogP contribution in [0.1, 0.15) is 16.7 Å². The van der Waals surface area contributed by atoms with Crippen LogP contribution in [0.3, 0.4) is 0 Å². The summed E-state index contributed by atoms with van der Waals surface area (Å²) in [4.78, 5) is 13.7. The van der Waals surface area contributed by atoms with Gasteiger partial charge >= 0.3 is 12.8 Å². The van der Waals surface area contributed by atoms with E-state index in [-0.39, 0.29) is 18.2 Å². The van der Waals surface area contributed by atoms with Gasteiger partial charge in [-0.2, -0.15) is 22.0 Å². The first-order valence-electron chi connectivity index (χ1n) is 8.78. The molecule has 9 heteroatoms. The van der Waals surface area contributed by atoms with Crippen molar-refractivity contribution in [1.29, 1.82) is 0 Å². The number of nitrogens with one attached hydrogen (secondary N) is 1. The van der Waals surface area contributed by atoms with Crippen LogP contribution in [-0.4, -0.2) is 37.6 Å². The number of nitrogens with zero attached hydrogens (tertiary/aromatic N) is 1. The molecular weight excluding hydrogens is 395 g/mol. The monoisotopic (exact) mass is 416 g/mol. The minimum Gasteiger partial charge on any atom is -0.435 e. The summed E-state index contributed by atoms with van der Waals surface area (Å²) in [6.45, 7) is -2.10. The second-order valence-electron chi connectivity index (χ2n) is 6.49. The lowest BCUT2D eigenvalue weighted by atomic mass is 10.1. The van der Waals surface area contributed by atoms with Crippen molar-refractivity contribution in [3.63, 3.8) is 0 Å². The Morgan fingerprint density at radius 1 is 1.03 bits per heavy atom. The Kier molecular flexibility index (Phi) is 7.95. The summed E-state index contributed by atoms with van der Waals surface area (Å²) in [5.74, 6) is -0.158. The van der Waals surface area contributed by atoms with Gasteiger partial charge in [-0.1, -0.05) is 24.3 Å². The first kappa shape index (κ1) is 22.6. The van der Waals surface area contributed by atoms with Crippen LogP contribution in [0.15, 0.2) is 48.5 Å². The van der Waals surface area contributed by atoms with Gasteiger partial charge in [-0.3, -0.25) is 9.69 Å². The molecule has 2 rings (SSSR count). The Labute approximate surface area is 165 Å². The van der Waals surface area contributed by atoms with Crippen LogP contribution in [0.2, 0.25) is 0 Å². The lowest BCUT2D eigenvalue weighted by Gasteiger charge is -2.17. The quantitative estimate of drug-likeness (QED) is 0.626. The van der Waals surface area contributed by atoms with Gasteiger partial charge in [0.2, 0.25) is 5.91 Å². The smallest absolute Gasteiger partial charge is 0.416 e. The first-order chi connectivity index (χ1) is 13.6. The van der Waals surface area contributed by atoms with Crippen molar-refractivity contribution in [3.05, 3.63) is 65.2 Å². The number of carbonyl (C=O) groups excluding carboxylic acids is 1. The molecule has 0 heterocycles. The summed E-state index contributed by atoms with van der Waals surface area (Å²) < 4.78 is 66.2. The Balaban J connectivity index is 1.72. The SMILES string of the molecule is CN(CC(=O)NCCc1ccc(OC(F)F)cc1)Cc1ccc(C(F)(F)F)cc1. The van der Waals surface area contributed by atoms with Crippen molar-refractivity contribution < 1.29 is 31.5 Å². The van der Waals surface area contributed by atoms with E-state index in [9.17, 15) is 26.7 Å². The zero-order valence-electron chi connectivity index (χ0n) is 15.7. The molecule has 0 radical (unpaired) electrons. The van der Waals surface area contributed by atoms with Gasteiger partial charge in [0, 0.05) is 13.1 Å². The van der Waals surface area contributed by atoms with E-state index in [0.717, 1.165) is 17.7 Å². The van der Waals surface area contributed by atoms with Crippen LogP contribution in [-0.2, 0) is 23.9 Å². The fraction of sp³-hybridized carbons (Fsp3) is 0.350. The molecule has 1 N–H and O–H groups in total. The Hall–Kier alpha value is -2.68. The topological polar surface area (TPSA) is 41.6 Å². The fourth-order valence-electron chi connectivity index (χ4n) is 2.65. The number of carbonyl (C=O) groups is 1. The third kappa shape index (κ3) is 8.06. The molecule has 0 saturated carbocycles. The van der Waals surface area contributed by atoms with Gasteiger partial charge in [0.25, 0.3) is 0 Å². The number of ether oxygens (including phenoxy) is 1. The third-order valence-corrected chi connectivity index (χ3v) is 4.03. The van der Waals surface area contributed by atoms with E-state index in [1.54, 1.807) is 24.1 Å². The second kappa shape index (κ2) is 10.2. The van der Waals surface area contributed by atoms with Gasteiger partial charge in [-0.15, -0.1) is 0 Å². The highest BCUT2D eigenvalue weighted by molar-refractivity contribution is 5.77. The van der Waals surface area contributed by atoms with Crippen LogP contribution < -0.4 is 10.1 Å². The van der Waals surface area contributed by atoms with E-state index in [1.807, 2.05) is 0 Å². The molecule has 158 valence electrons. The van der Waals surface area contributed by atoms with Gasteiger partial charge in [-0.05, 0) is 48.9 Å². The summed E-state index contributed by atoms with van der Waals surface area (Å²) >= 11 is 0. The number of rotatable bonds is 9. The summed E-state index contributed by atoms with van der Waals surface area (Å²) in [6, 6.07) is 10.9. The number of benzene rings is 2. The van der Waals surface area contributed by atoms with E-state index in [1.165, 1.54) is 24.3 Å². The number of halogens is 5. The van der Waals surface area contributed by atoms with Crippen molar-refractivity contribution in [1.82, 2.24) is 10.2 Å². The van der Waals surface area contributed by atoms with Crippen LogP contribution in [0.25, 0.3) is 0 Å². The van der Waals surface area contributed by atoms with Gasteiger partial charge in [-0.25, -0.2) is 0 Å². The van der Waals surface area contributed by atoms with Gasteiger partial charge in [0.05, 0.1) is 12.1 Å². The van der Waals surface area contributed by atoms with Crippen LogP contribution >= 0.6 is 0 Å². The molecule has 0 fully saturated rings. The Morgan fingerprint density at radius 2 is 1.62 bits per heavy atom. The number of hydrogen-bond donors (Lipinski definition) is 1. The number of hydrogen-bond acceptors (Lipinski definition) is 3. The third-order valence-electron chi connectivity index (χ3n) is 4.03. The normalized spacial score (nSPS) is 11.7. The molecule has 0 unspecified atom stereocenters. The second-order valence-corrected chi connectivity index (χ2v) is 6.49. The largest absolute Gasteiger partial charge is 0.435 e. The summed E-state index contributed by atoms with van der Waals surface area (Å²) in [5, 5.41) is 2.74. The molecule has 2 aromatic rings. The molecule has 29 heavy (non-hydrogen) atoms. The maximum Gasteiger partial charge on any atom is 0.416 e. The van der Waals surface area contributed by atoms with E-state index >= 15 is 0 Å². The molecule has 0 aliphatic rings. The van der Waals surface area contributed by atoms with Crippen LogP contribution in [0, 0.1) is 0 Å². The minimum absolute atomic E-state index is 0.0673. The van der Waals surface area contributed by atoms with Gasteiger partial charge in [0.1, 0.15) is 5.75 Å². The molecular formula is C20H21F5N2O2. The molecule has 0 saturated heterocycles. The average Bonchev–Trinajstić information content (AvgIpc) is 2.62. The molecule has 0 aromatic heterocycles. The van der Waals surface area contributed by atoms with Crippen molar-refractivity contribution in [2.24, 2.45) is 0 Å². The summed E-state index contributed by atoms with van der Waals surface area (Å²) in [6.07, 6.45) is -3.86. The van der Waals surface area contributed by atoms with E-state index in [0.29, 0.717) is 25.1 Å². The fourth-order valence-corrected chi connectivity index (χ4v) is 2.65. The maximum atomic E-state index is 12.6.